The van der Waals surface area contributed by atoms with Crippen molar-refractivity contribution < 1.29 is 10.0 Å². The number of amidine groups is 1. The van der Waals surface area contributed by atoms with E-state index in [1.54, 1.807) is 0 Å². The Morgan fingerprint density at radius 2 is 2.31 bits per heavy atom. The van der Waals surface area contributed by atoms with Crippen LogP contribution in [0, 0.1) is 5.92 Å². The third-order valence-corrected chi connectivity index (χ3v) is 1.87. The molecule has 0 bridgehead atoms. The Morgan fingerprint density at radius 3 is 2.77 bits per heavy atom. The number of nitrogens with two attached hydrogens (primary N) is 1. The van der Waals surface area contributed by atoms with Crippen LogP contribution in [0.3, 0.4) is 0 Å². The number of amides is 1. The van der Waals surface area contributed by atoms with E-state index in [2.05, 4.69) is 10.5 Å². The molecule has 0 heterocycles. The van der Waals surface area contributed by atoms with E-state index in [0.29, 0.717) is 13.0 Å². The number of hydrogen-bond acceptors (Lipinski definition) is 3. The second kappa shape index (κ2) is 6.28. The van der Waals surface area contributed by atoms with Gasteiger partial charge in [0.15, 0.2) is 0 Å². The lowest BCUT2D eigenvalue weighted by molar-refractivity contribution is -0.124. The minimum absolute atomic E-state index is 0.00763. The molecule has 5 nitrogen and oxygen atoms in total. The van der Waals surface area contributed by atoms with Crippen molar-refractivity contribution in [1.29, 1.82) is 0 Å². The average molecular weight is 187 g/mol. The van der Waals surface area contributed by atoms with E-state index in [4.69, 9.17) is 10.9 Å². The van der Waals surface area contributed by atoms with E-state index in [-0.39, 0.29) is 17.7 Å². The fraction of sp³-hybridized carbons (Fsp3) is 0.750. The van der Waals surface area contributed by atoms with E-state index in [1.165, 1.54) is 0 Å². The van der Waals surface area contributed by atoms with Gasteiger partial charge < -0.3 is 16.3 Å². The lowest BCUT2D eigenvalue weighted by atomic mass is 10.1. The first-order valence-corrected chi connectivity index (χ1v) is 4.35. The molecule has 1 amide bonds. The predicted molar refractivity (Wildman–Crippen MR) is 50.5 cm³/mol. The summed E-state index contributed by atoms with van der Waals surface area (Å²) in [5, 5.41) is 13.7. The average Bonchev–Trinajstić information content (AvgIpc) is 2.15. The fourth-order valence-electron chi connectivity index (χ4n) is 0.723. The van der Waals surface area contributed by atoms with Crippen LogP contribution < -0.4 is 11.1 Å². The maximum atomic E-state index is 11.2. The molecule has 0 radical (unpaired) electrons. The van der Waals surface area contributed by atoms with Crippen molar-refractivity contribution >= 4 is 11.7 Å². The number of hydrogen-bond donors (Lipinski definition) is 3. The highest BCUT2D eigenvalue weighted by Crippen LogP contribution is 1.99. The molecule has 0 aromatic rings. The van der Waals surface area contributed by atoms with Gasteiger partial charge in [-0.1, -0.05) is 19.0 Å². The lowest BCUT2D eigenvalue weighted by Gasteiger charge is -2.08. The van der Waals surface area contributed by atoms with E-state index < -0.39 is 0 Å². The molecule has 0 aliphatic carbocycles. The zero-order valence-electron chi connectivity index (χ0n) is 8.08. The Morgan fingerprint density at radius 1 is 1.69 bits per heavy atom. The molecule has 0 saturated heterocycles. The molecule has 0 aromatic carbocycles. The van der Waals surface area contributed by atoms with Gasteiger partial charge in [-0.25, -0.2) is 0 Å². The molecule has 0 aliphatic rings. The molecule has 5 heteroatoms. The summed E-state index contributed by atoms with van der Waals surface area (Å²) in [4.78, 5) is 11.2. The van der Waals surface area contributed by atoms with Crippen LogP contribution in [-0.2, 0) is 4.79 Å². The highest BCUT2D eigenvalue weighted by atomic mass is 16.4. The van der Waals surface area contributed by atoms with E-state index >= 15 is 0 Å². The van der Waals surface area contributed by atoms with Crippen molar-refractivity contribution in [3.8, 4) is 0 Å². The Bertz CT molecular complexity index is 192. The maximum absolute atomic E-state index is 11.2. The quantitative estimate of drug-likeness (QED) is 0.250. The molecule has 4 N–H and O–H groups in total. The highest BCUT2D eigenvalue weighted by Gasteiger charge is 2.08. The van der Waals surface area contributed by atoms with Crippen molar-refractivity contribution in [1.82, 2.24) is 5.32 Å². The SMILES string of the molecule is CCC(C)C(=O)NCCC(N)=NO. The molecule has 13 heavy (non-hydrogen) atoms. The number of nitrogens with one attached hydrogen (secondary N) is 1. The van der Waals surface area contributed by atoms with Gasteiger partial charge in [-0.05, 0) is 6.42 Å². The largest absolute Gasteiger partial charge is 0.409 e. The van der Waals surface area contributed by atoms with Gasteiger partial charge in [-0.2, -0.15) is 0 Å². The van der Waals surface area contributed by atoms with Crippen LogP contribution in [0.1, 0.15) is 26.7 Å². The summed E-state index contributed by atoms with van der Waals surface area (Å²) in [5.74, 6) is 0.157. The number of nitrogens with zero attached hydrogens (tertiary/aromatic N) is 1. The monoisotopic (exact) mass is 187 g/mol. The van der Waals surface area contributed by atoms with Gasteiger partial charge in [0.05, 0.1) is 0 Å². The van der Waals surface area contributed by atoms with Crippen molar-refractivity contribution in [3.63, 3.8) is 0 Å². The molecule has 0 spiro atoms. The van der Waals surface area contributed by atoms with Crippen molar-refractivity contribution in [2.24, 2.45) is 16.8 Å². The lowest BCUT2D eigenvalue weighted by Crippen LogP contribution is -2.31. The molecular formula is C8H17N3O2. The first kappa shape index (κ1) is 11.7. The normalized spacial score (nSPS) is 13.8. The summed E-state index contributed by atoms with van der Waals surface area (Å²) >= 11 is 0. The topological polar surface area (TPSA) is 87.7 Å². The Hall–Kier alpha value is -1.26. The summed E-state index contributed by atoms with van der Waals surface area (Å²) in [6, 6.07) is 0. The van der Waals surface area contributed by atoms with Gasteiger partial charge >= 0.3 is 0 Å². The molecule has 1 atom stereocenters. The third kappa shape index (κ3) is 5.05. The van der Waals surface area contributed by atoms with Gasteiger partial charge in [0.2, 0.25) is 5.91 Å². The number of oxime groups is 1. The second-order valence-electron chi connectivity index (χ2n) is 2.94. The van der Waals surface area contributed by atoms with E-state index in [0.717, 1.165) is 6.42 Å². The standard InChI is InChI=1S/C8H17N3O2/c1-3-6(2)8(12)10-5-4-7(9)11-13/h6,13H,3-5H2,1-2H3,(H2,9,11)(H,10,12). The van der Waals surface area contributed by atoms with Gasteiger partial charge in [0.25, 0.3) is 0 Å². The summed E-state index contributed by atoms with van der Waals surface area (Å²) in [5.41, 5.74) is 5.22. The second-order valence-corrected chi connectivity index (χ2v) is 2.94. The molecule has 0 fully saturated rings. The van der Waals surface area contributed by atoms with E-state index in [9.17, 15) is 4.79 Å². The number of carbonyl (C=O) groups excluding carboxylic acids is 1. The first-order chi connectivity index (χ1) is 6.11. The van der Waals surface area contributed by atoms with Gasteiger partial charge in [-0.15, -0.1) is 0 Å². The molecule has 0 aliphatic heterocycles. The van der Waals surface area contributed by atoms with Crippen molar-refractivity contribution in [3.05, 3.63) is 0 Å². The third-order valence-electron chi connectivity index (χ3n) is 1.87. The summed E-state index contributed by atoms with van der Waals surface area (Å²) in [7, 11) is 0. The molecule has 1 unspecified atom stereocenters. The zero-order chi connectivity index (χ0) is 10.3. The van der Waals surface area contributed by atoms with Crippen LogP contribution in [0.2, 0.25) is 0 Å². The molecule has 0 rings (SSSR count). The van der Waals surface area contributed by atoms with E-state index in [1.807, 2.05) is 13.8 Å². The zero-order valence-corrected chi connectivity index (χ0v) is 8.08. The van der Waals surface area contributed by atoms with Crippen LogP contribution in [0.25, 0.3) is 0 Å². The molecular weight excluding hydrogens is 170 g/mol. The highest BCUT2D eigenvalue weighted by molar-refractivity contribution is 5.81. The minimum atomic E-state index is 0.00763. The first-order valence-electron chi connectivity index (χ1n) is 4.35. The number of rotatable bonds is 5. The van der Waals surface area contributed by atoms with Gasteiger partial charge in [-0.3, -0.25) is 4.79 Å². The molecule has 76 valence electrons. The van der Waals surface area contributed by atoms with Crippen LogP contribution in [0.5, 0.6) is 0 Å². The Labute approximate surface area is 78.0 Å². The van der Waals surface area contributed by atoms with Crippen LogP contribution in [-0.4, -0.2) is 23.5 Å². The Kier molecular flexibility index (Phi) is 5.67. The summed E-state index contributed by atoms with van der Waals surface area (Å²) in [6.45, 7) is 4.23. The predicted octanol–water partition coefficient (Wildman–Crippen LogP) is 0.285. The maximum Gasteiger partial charge on any atom is 0.222 e. The van der Waals surface area contributed by atoms with Crippen LogP contribution in [0.4, 0.5) is 0 Å². The Balaban J connectivity index is 3.59. The summed E-state index contributed by atoms with van der Waals surface area (Å²) < 4.78 is 0. The molecule has 0 aromatic heterocycles. The summed E-state index contributed by atoms with van der Waals surface area (Å²) in [6.07, 6.45) is 1.19. The van der Waals surface area contributed by atoms with Gasteiger partial charge in [0, 0.05) is 18.9 Å². The number of carbonyl (C=O) groups is 1. The van der Waals surface area contributed by atoms with Crippen LogP contribution in [0.15, 0.2) is 5.16 Å². The van der Waals surface area contributed by atoms with Crippen molar-refractivity contribution in [2.75, 3.05) is 6.54 Å². The van der Waals surface area contributed by atoms with Crippen LogP contribution >= 0.6 is 0 Å². The molecule has 0 saturated carbocycles. The minimum Gasteiger partial charge on any atom is -0.409 e. The van der Waals surface area contributed by atoms with Crippen molar-refractivity contribution in [2.45, 2.75) is 26.7 Å². The fourth-order valence-corrected chi connectivity index (χ4v) is 0.723. The smallest absolute Gasteiger partial charge is 0.222 e. The van der Waals surface area contributed by atoms with Gasteiger partial charge in [0.1, 0.15) is 5.84 Å².